The predicted molar refractivity (Wildman–Crippen MR) is 75.8 cm³/mol. The summed E-state index contributed by atoms with van der Waals surface area (Å²) in [6.07, 6.45) is 0.811. The molecular weight excluding hydrogens is 252 g/mol. The van der Waals surface area contributed by atoms with Gasteiger partial charge in [-0.3, -0.25) is 0 Å². The average molecular weight is 268 g/mol. The number of aromatic carboxylic acids is 1. The number of aromatic nitrogens is 1. The summed E-state index contributed by atoms with van der Waals surface area (Å²) in [5.41, 5.74) is 3.84. The fourth-order valence-corrected chi connectivity index (χ4v) is 2.34. The van der Waals surface area contributed by atoms with Crippen LogP contribution in [-0.4, -0.2) is 15.6 Å². The van der Waals surface area contributed by atoms with Crippen LogP contribution >= 0.6 is 0 Å². The minimum absolute atomic E-state index is 0.265. The lowest BCUT2D eigenvalue weighted by Crippen LogP contribution is -2.06. The first-order valence-electron chi connectivity index (χ1n) is 6.48. The van der Waals surface area contributed by atoms with Crippen LogP contribution < -0.4 is 0 Å². The van der Waals surface area contributed by atoms with Crippen molar-refractivity contribution in [2.75, 3.05) is 0 Å². The first kappa shape index (κ1) is 13.9. The lowest BCUT2D eigenvalue weighted by molar-refractivity contribution is 0.0696. The number of hydrogen-bond donors (Lipinski definition) is 1. The molecule has 4 heteroatoms. The third-order valence-electron chi connectivity index (χ3n) is 3.38. The monoisotopic (exact) mass is 268 g/mol. The van der Waals surface area contributed by atoms with Gasteiger partial charge in [0.15, 0.2) is 0 Å². The van der Waals surface area contributed by atoms with E-state index in [4.69, 9.17) is 5.11 Å². The third-order valence-corrected chi connectivity index (χ3v) is 3.38. The molecule has 102 valence electrons. The molecular formula is C16H16N2O2. The number of hydrogen-bond acceptors (Lipinski definition) is 2. The van der Waals surface area contributed by atoms with Gasteiger partial charge < -0.3 is 9.67 Å². The predicted octanol–water partition coefficient (Wildman–Crippen LogP) is 2.98. The van der Waals surface area contributed by atoms with Gasteiger partial charge in [0.25, 0.3) is 0 Å². The number of nitriles is 1. The molecule has 0 bridgehead atoms. The van der Waals surface area contributed by atoms with Crippen molar-refractivity contribution in [1.29, 1.82) is 5.26 Å². The maximum atomic E-state index is 11.0. The van der Waals surface area contributed by atoms with E-state index in [1.54, 1.807) is 18.2 Å². The van der Waals surface area contributed by atoms with E-state index in [1.807, 2.05) is 30.5 Å². The Bertz CT molecular complexity index is 693. The molecule has 0 aliphatic heterocycles. The van der Waals surface area contributed by atoms with Crippen molar-refractivity contribution in [3.8, 4) is 6.07 Å². The van der Waals surface area contributed by atoms with E-state index < -0.39 is 5.97 Å². The molecule has 1 N–H and O–H groups in total. The molecule has 1 aromatic heterocycles. The van der Waals surface area contributed by atoms with Gasteiger partial charge in [0.1, 0.15) is 11.8 Å². The number of nitrogens with zero attached hydrogens (tertiary/aromatic N) is 2. The van der Waals surface area contributed by atoms with Gasteiger partial charge in [0.05, 0.1) is 5.56 Å². The molecule has 0 saturated heterocycles. The van der Waals surface area contributed by atoms with E-state index in [2.05, 4.69) is 6.07 Å². The zero-order valence-electron chi connectivity index (χ0n) is 11.6. The summed E-state index contributed by atoms with van der Waals surface area (Å²) in [4.78, 5) is 11.0. The molecule has 20 heavy (non-hydrogen) atoms. The largest absolute Gasteiger partial charge is 0.478 e. The molecule has 0 spiro atoms. The molecule has 0 radical (unpaired) electrons. The molecule has 0 fully saturated rings. The van der Waals surface area contributed by atoms with Crippen molar-refractivity contribution in [2.24, 2.45) is 0 Å². The van der Waals surface area contributed by atoms with Gasteiger partial charge in [-0.2, -0.15) is 5.26 Å². The zero-order chi connectivity index (χ0) is 14.7. The SMILES string of the molecule is CCc1cc(C)n(Cc2cccc(C(=O)O)c2)c1C#N. The van der Waals surface area contributed by atoms with Crippen LogP contribution in [0, 0.1) is 18.3 Å². The molecule has 1 heterocycles. The quantitative estimate of drug-likeness (QED) is 0.927. The van der Waals surface area contributed by atoms with Gasteiger partial charge in [0.2, 0.25) is 0 Å². The maximum absolute atomic E-state index is 11.0. The number of carbonyl (C=O) groups is 1. The Morgan fingerprint density at radius 2 is 2.15 bits per heavy atom. The highest BCUT2D eigenvalue weighted by Gasteiger charge is 2.12. The fourth-order valence-electron chi connectivity index (χ4n) is 2.34. The minimum Gasteiger partial charge on any atom is -0.478 e. The van der Waals surface area contributed by atoms with E-state index >= 15 is 0 Å². The van der Waals surface area contributed by atoms with E-state index in [9.17, 15) is 10.1 Å². The van der Waals surface area contributed by atoms with Gasteiger partial charge in [-0.1, -0.05) is 19.1 Å². The Hall–Kier alpha value is -2.54. The van der Waals surface area contributed by atoms with E-state index in [0.717, 1.165) is 23.2 Å². The molecule has 0 aliphatic carbocycles. The Morgan fingerprint density at radius 1 is 1.40 bits per heavy atom. The van der Waals surface area contributed by atoms with Crippen molar-refractivity contribution in [1.82, 2.24) is 4.57 Å². The van der Waals surface area contributed by atoms with E-state index in [0.29, 0.717) is 12.2 Å². The van der Waals surface area contributed by atoms with Crippen LogP contribution in [0.3, 0.4) is 0 Å². The highest BCUT2D eigenvalue weighted by Crippen LogP contribution is 2.18. The van der Waals surface area contributed by atoms with Crippen LogP contribution in [0.2, 0.25) is 0 Å². The van der Waals surface area contributed by atoms with Gasteiger partial charge in [-0.05, 0) is 42.7 Å². The summed E-state index contributed by atoms with van der Waals surface area (Å²) in [6, 6.07) is 11.1. The van der Waals surface area contributed by atoms with E-state index in [1.165, 1.54) is 0 Å². The normalized spacial score (nSPS) is 10.2. The van der Waals surface area contributed by atoms with Crippen molar-refractivity contribution in [3.63, 3.8) is 0 Å². The van der Waals surface area contributed by atoms with Gasteiger partial charge >= 0.3 is 5.97 Å². The highest BCUT2D eigenvalue weighted by atomic mass is 16.4. The first-order chi connectivity index (χ1) is 9.56. The second kappa shape index (κ2) is 5.62. The van der Waals surface area contributed by atoms with Gasteiger partial charge in [-0.25, -0.2) is 4.79 Å². The number of benzene rings is 1. The van der Waals surface area contributed by atoms with Crippen LogP contribution in [0.25, 0.3) is 0 Å². The van der Waals surface area contributed by atoms with Crippen molar-refractivity contribution in [3.05, 3.63) is 58.4 Å². The number of carboxylic acid groups (broad SMARTS) is 1. The van der Waals surface area contributed by atoms with Crippen molar-refractivity contribution < 1.29 is 9.90 Å². The summed E-state index contributed by atoms with van der Waals surface area (Å²) in [5, 5.41) is 18.3. The molecule has 2 rings (SSSR count). The first-order valence-corrected chi connectivity index (χ1v) is 6.48. The second-order valence-electron chi connectivity index (χ2n) is 4.72. The third kappa shape index (κ3) is 2.57. The Labute approximate surface area is 117 Å². The summed E-state index contributed by atoms with van der Waals surface area (Å²) >= 11 is 0. The summed E-state index contributed by atoms with van der Waals surface area (Å²) in [5.74, 6) is -0.939. The molecule has 0 amide bonds. The van der Waals surface area contributed by atoms with Gasteiger partial charge in [-0.15, -0.1) is 0 Å². The zero-order valence-corrected chi connectivity index (χ0v) is 11.6. The molecule has 0 aliphatic rings. The van der Waals surface area contributed by atoms with Crippen molar-refractivity contribution in [2.45, 2.75) is 26.8 Å². The number of carboxylic acids is 1. The Kier molecular flexibility index (Phi) is 3.90. The maximum Gasteiger partial charge on any atom is 0.335 e. The molecule has 0 saturated carbocycles. The average Bonchev–Trinajstić information content (AvgIpc) is 2.75. The Balaban J connectivity index is 2.40. The summed E-state index contributed by atoms with van der Waals surface area (Å²) in [7, 11) is 0. The Morgan fingerprint density at radius 3 is 2.75 bits per heavy atom. The molecule has 0 atom stereocenters. The second-order valence-corrected chi connectivity index (χ2v) is 4.72. The lowest BCUT2D eigenvalue weighted by atomic mass is 10.1. The highest BCUT2D eigenvalue weighted by molar-refractivity contribution is 5.87. The summed E-state index contributed by atoms with van der Waals surface area (Å²) < 4.78 is 1.93. The van der Waals surface area contributed by atoms with Crippen LogP contribution in [0.15, 0.2) is 30.3 Å². The van der Waals surface area contributed by atoms with Crippen LogP contribution in [0.4, 0.5) is 0 Å². The number of rotatable bonds is 4. The number of aryl methyl sites for hydroxylation is 2. The topological polar surface area (TPSA) is 66.0 Å². The lowest BCUT2D eigenvalue weighted by Gasteiger charge is -2.09. The van der Waals surface area contributed by atoms with Crippen molar-refractivity contribution >= 4 is 5.97 Å². The van der Waals surface area contributed by atoms with Crippen LogP contribution in [-0.2, 0) is 13.0 Å². The summed E-state index contributed by atoms with van der Waals surface area (Å²) in [6.45, 7) is 4.49. The molecule has 0 unspecified atom stereocenters. The van der Waals surface area contributed by atoms with Crippen LogP contribution in [0.5, 0.6) is 0 Å². The van der Waals surface area contributed by atoms with E-state index in [-0.39, 0.29) is 5.56 Å². The van der Waals surface area contributed by atoms with Gasteiger partial charge in [0, 0.05) is 12.2 Å². The molecule has 2 aromatic rings. The minimum atomic E-state index is -0.939. The smallest absolute Gasteiger partial charge is 0.335 e. The standard InChI is InChI=1S/C16H16N2O2/c1-3-13-7-11(2)18(15(13)9-17)10-12-5-4-6-14(8-12)16(19)20/h4-8H,3,10H2,1-2H3,(H,19,20). The molecule has 4 nitrogen and oxygen atoms in total. The fraction of sp³-hybridized carbons (Fsp3) is 0.250. The van der Waals surface area contributed by atoms with Crippen LogP contribution in [0.1, 0.15) is 39.8 Å². The molecule has 1 aromatic carbocycles.